The third-order valence-electron chi connectivity index (χ3n) is 3.56. The predicted molar refractivity (Wildman–Crippen MR) is 72.7 cm³/mol. The molecule has 0 atom stereocenters. The smallest absolute Gasteiger partial charge is 0.186 e. The molecule has 2 saturated heterocycles. The average Bonchev–Trinajstić information content (AvgIpc) is 2.86. The molecule has 2 aliphatic heterocycles. The van der Waals surface area contributed by atoms with Crippen LogP contribution in [0.2, 0.25) is 5.15 Å². The van der Waals surface area contributed by atoms with E-state index in [0.29, 0.717) is 24.9 Å². The van der Waals surface area contributed by atoms with Crippen molar-refractivity contribution in [3.8, 4) is 0 Å². The molecule has 3 rings (SSSR count). The second-order valence-electron chi connectivity index (χ2n) is 4.75. The summed E-state index contributed by atoms with van der Waals surface area (Å²) < 4.78 is 11.6. The summed E-state index contributed by atoms with van der Waals surface area (Å²) in [7, 11) is 1.82. The van der Waals surface area contributed by atoms with Crippen LogP contribution in [0.4, 0.5) is 11.5 Å². The Balaban J connectivity index is 1.87. The van der Waals surface area contributed by atoms with E-state index in [9.17, 15) is 0 Å². The molecule has 0 aliphatic carbocycles. The van der Waals surface area contributed by atoms with Gasteiger partial charge < -0.3 is 19.7 Å². The number of ether oxygens (including phenoxy) is 2. The normalized spacial score (nSPS) is 21.9. The summed E-state index contributed by atoms with van der Waals surface area (Å²) in [6.45, 7) is 2.92. The topological polar surface area (TPSA) is 59.5 Å². The van der Waals surface area contributed by atoms with Gasteiger partial charge in [0.1, 0.15) is 12.0 Å². The Labute approximate surface area is 117 Å². The molecule has 19 heavy (non-hydrogen) atoms. The molecule has 0 amide bonds. The Kier molecular flexibility index (Phi) is 3.47. The van der Waals surface area contributed by atoms with Crippen molar-refractivity contribution in [2.75, 3.05) is 43.6 Å². The lowest BCUT2D eigenvalue weighted by Gasteiger charge is -2.39. The van der Waals surface area contributed by atoms with Crippen LogP contribution in [-0.2, 0) is 9.47 Å². The van der Waals surface area contributed by atoms with E-state index in [1.807, 2.05) is 7.05 Å². The van der Waals surface area contributed by atoms with Gasteiger partial charge in [0.15, 0.2) is 16.8 Å². The van der Waals surface area contributed by atoms with Gasteiger partial charge >= 0.3 is 0 Å². The molecule has 0 saturated carbocycles. The van der Waals surface area contributed by atoms with Crippen LogP contribution in [0.1, 0.15) is 12.8 Å². The van der Waals surface area contributed by atoms with Crippen molar-refractivity contribution in [3.63, 3.8) is 0 Å². The van der Waals surface area contributed by atoms with Crippen LogP contribution in [0, 0.1) is 0 Å². The molecule has 3 heterocycles. The lowest BCUT2D eigenvalue weighted by Crippen LogP contribution is -2.49. The number of anilines is 2. The molecular weight excluding hydrogens is 268 g/mol. The highest BCUT2D eigenvalue weighted by Crippen LogP contribution is 2.35. The van der Waals surface area contributed by atoms with Gasteiger partial charge in [0.05, 0.1) is 19.8 Å². The number of nitrogens with one attached hydrogen (secondary N) is 1. The van der Waals surface area contributed by atoms with Crippen molar-refractivity contribution in [2.24, 2.45) is 0 Å². The van der Waals surface area contributed by atoms with Crippen LogP contribution in [-0.4, -0.2) is 49.1 Å². The molecule has 1 N–H and O–H groups in total. The van der Waals surface area contributed by atoms with E-state index in [-0.39, 0.29) is 0 Å². The van der Waals surface area contributed by atoms with Crippen molar-refractivity contribution in [1.82, 2.24) is 9.97 Å². The third kappa shape index (κ3) is 2.35. The van der Waals surface area contributed by atoms with Crippen molar-refractivity contribution < 1.29 is 9.47 Å². The highest BCUT2D eigenvalue weighted by molar-refractivity contribution is 6.32. The Hall–Kier alpha value is -1.11. The quantitative estimate of drug-likeness (QED) is 0.831. The van der Waals surface area contributed by atoms with E-state index < -0.39 is 5.79 Å². The van der Waals surface area contributed by atoms with Crippen LogP contribution >= 0.6 is 11.6 Å². The zero-order valence-electron chi connectivity index (χ0n) is 10.9. The lowest BCUT2D eigenvalue weighted by atomic mass is 10.0. The van der Waals surface area contributed by atoms with E-state index in [2.05, 4.69) is 20.2 Å². The van der Waals surface area contributed by atoms with Gasteiger partial charge in [-0.25, -0.2) is 9.97 Å². The maximum absolute atomic E-state index is 6.10. The van der Waals surface area contributed by atoms with Crippen molar-refractivity contribution in [3.05, 3.63) is 11.5 Å². The van der Waals surface area contributed by atoms with Gasteiger partial charge in [-0.1, -0.05) is 11.6 Å². The Morgan fingerprint density at radius 1 is 1.37 bits per heavy atom. The molecule has 6 nitrogen and oxygen atoms in total. The molecule has 2 fully saturated rings. The maximum atomic E-state index is 6.10. The van der Waals surface area contributed by atoms with Gasteiger partial charge in [-0.2, -0.15) is 0 Å². The first-order valence-electron chi connectivity index (χ1n) is 6.45. The second kappa shape index (κ2) is 5.11. The van der Waals surface area contributed by atoms with Crippen molar-refractivity contribution in [2.45, 2.75) is 18.6 Å². The largest absolute Gasteiger partial charge is 0.383 e. The molecule has 1 aromatic rings. The fourth-order valence-electron chi connectivity index (χ4n) is 2.71. The average molecular weight is 285 g/mol. The van der Waals surface area contributed by atoms with E-state index >= 15 is 0 Å². The van der Waals surface area contributed by atoms with E-state index in [1.165, 1.54) is 6.33 Å². The zero-order valence-corrected chi connectivity index (χ0v) is 11.6. The monoisotopic (exact) mass is 284 g/mol. The first-order chi connectivity index (χ1) is 9.24. The molecule has 1 aromatic heterocycles. The fraction of sp³-hybridized carbons (Fsp3) is 0.667. The SMILES string of the molecule is CNc1c(Cl)ncnc1N1CCCC2(C1)OCCO2. The highest BCUT2D eigenvalue weighted by Gasteiger charge is 2.41. The van der Waals surface area contributed by atoms with Crippen LogP contribution < -0.4 is 10.2 Å². The number of nitrogens with zero attached hydrogens (tertiary/aromatic N) is 3. The summed E-state index contributed by atoms with van der Waals surface area (Å²) in [5.74, 6) is 0.335. The summed E-state index contributed by atoms with van der Waals surface area (Å²) in [4.78, 5) is 10.5. The number of halogens is 1. The van der Waals surface area contributed by atoms with Crippen molar-refractivity contribution >= 4 is 23.1 Å². The minimum atomic E-state index is -0.472. The second-order valence-corrected chi connectivity index (χ2v) is 5.10. The Morgan fingerprint density at radius 3 is 2.89 bits per heavy atom. The standard InChI is InChI=1S/C12H17ClN4O2/c1-14-9-10(13)15-8-16-11(9)17-4-2-3-12(7-17)18-5-6-19-12/h8,14H,2-7H2,1H3. The van der Waals surface area contributed by atoms with E-state index in [0.717, 1.165) is 30.9 Å². The third-order valence-corrected chi connectivity index (χ3v) is 3.85. The molecule has 0 bridgehead atoms. The summed E-state index contributed by atoms with van der Waals surface area (Å²) in [5, 5.41) is 3.49. The molecule has 7 heteroatoms. The summed E-state index contributed by atoms with van der Waals surface area (Å²) in [6.07, 6.45) is 3.41. The minimum absolute atomic E-state index is 0.431. The van der Waals surface area contributed by atoms with Gasteiger partial charge in [-0.3, -0.25) is 0 Å². The molecule has 104 valence electrons. The number of aromatic nitrogens is 2. The highest BCUT2D eigenvalue weighted by atomic mass is 35.5. The first-order valence-corrected chi connectivity index (χ1v) is 6.83. The van der Waals surface area contributed by atoms with E-state index in [1.54, 1.807) is 0 Å². The van der Waals surface area contributed by atoms with Gasteiger partial charge in [0.25, 0.3) is 0 Å². The van der Waals surface area contributed by atoms with Gasteiger partial charge in [0.2, 0.25) is 0 Å². The van der Waals surface area contributed by atoms with Gasteiger partial charge in [-0.05, 0) is 6.42 Å². The predicted octanol–water partition coefficient (Wildman–Crippen LogP) is 1.51. The molecule has 1 spiro atoms. The molecule has 0 unspecified atom stereocenters. The summed E-state index contributed by atoms with van der Waals surface area (Å²) >= 11 is 6.10. The summed E-state index contributed by atoms with van der Waals surface area (Å²) in [5.41, 5.74) is 0.749. The number of hydrogen-bond acceptors (Lipinski definition) is 6. The number of rotatable bonds is 2. The molecule has 2 aliphatic rings. The fourth-order valence-corrected chi connectivity index (χ4v) is 2.93. The van der Waals surface area contributed by atoms with Crippen LogP contribution in [0.5, 0.6) is 0 Å². The number of hydrogen-bond donors (Lipinski definition) is 1. The molecular formula is C12H17ClN4O2. The lowest BCUT2D eigenvalue weighted by molar-refractivity contribution is -0.161. The van der Waals surface area contributed by atoms with Gasteiger partial charge in [-0.15, -0.1) is 0 Å². The zero-order chi connectivity index (χ0) is 13.3. The van der Waals surface area contributed by atoms with Crippen LogP contribution in [0.15, 0.2) is 6.33 Å². The molecule has 0 aromatic carbocycles. The maximum Gasteiger partial charge on any atom is 0.186 e. The summed E-state index contributed by atoms with van der Waals surface area (Å²) in [6, 6.07) is 0. The van der Waals surface area contributed by atoms with E-state index in [4.69, 9.17) is 21.1 Å². The van der Waals surface area contributed by atoms with Gasteiger partial charge in [0, 0.05) is 20.0 Å². The van der Waals surface area contributed by atoms with Crippen LogP contribution in [0.25, 0.3) is 0 Å². The van der Waals surface area contributed by atoms with Crippen molar-refractivity contribution in [1.29, 1.82) is 0 Å². The Bertz CT molecular complexity index is 465. The Morgan fingerprint density at radius 2 is 2.16 bits per heavy atom. The van der Waals surface area contributed by atoms with Crippen LogP contribution in [0.3, 0.4) is 0 Å². The number of piperidine rings is 1. The minimum Gasteiger partial charge on any atom is -0.383 e. The molecule has 0 radical (unpaired) electrons. The first kappa shape index (κ1) is 12.9.